The molecule has 0 aliphatic rings. The van der Waals surface area contributed by atoms with Crippen LogP contribution in [0, 0.1) is 11.3 Å². The number of fused-ring (bicyclic) bond motifs is 1. The number of hydrogen-bond acceptors (Lipinski definition) is 3. The third kappa shape index (κ3) is 2.86. The van der Waals surface area contributed by atoms with Crippen molar-refractivity contribution in [2.45, 2.75) is 6.54 Å². The van der Waals surface area contributed by atoms with Gasteiger partial charge < -0.3 is 9.30 Å². The van der Waals surface area contributed by atoms with E-state index in [2.05, 4.69) is 15.9 Å². The molecule has 0 radical (unpaired) electrons. The van der Waals surface area contributed by atoms with E-state index in [1.54, 1.807) is 25.4 Å². The fourth-order valence-corrected chi connectivity index (χ4v) is 3.15. The third-order valence-electron chi connectivity index (χ3n) is 3.68. The number of nitrogens with zero attached hydrogens (tertiary/aromatic N) is 2. The number of para-hydroxylation sites is 1. The predicted octanol–water partition coefficient (Wildman–Crippen LogP) is 3.69. The zero-order valence-electron chi connectivity index (χ0n) is 12.4. The predicted molar refractivity (Wildman–Crippen MR) is 92.7 cm³/mol. The van der Waals surface area contributed by atoms with Crippen molar-refractivity contribution in [3.8, 4) is 11.8 Å². The molecule has 0 bridgehead atoms. The summed E-state index contributed by atoms with van der Waals surface area (Å²) in [6.45, 7) is 0.554. The fraction of sp³-hybridized carbons (Fsp3) is 0.111. The minimum atomic E-state index is -0.227. The molecule has 0 aliphatic carbocycles. The molecule has 0 atom stereocenters. The van der Waals surface area contributed by atoms with Crippen LogP contribution < -0.4 is 10.2 Å². The number of rotatable bonds is 3. The standard InChI is InChI=1S/C18H13BrN2O2/c1-23-17-7-6-12(8-15(17)19)10-21-11-13(9-20)18(22)14-4-2-3-5-16(14)21/h2-8,11H,10H2,1H3. The highest BCUT2D eigenvalue weighted by Crippen LogP contribution is 2.26. The summed E-state index contributed by atoms with van der Waals surface area (Å²) in [7, 11) is 1.62. The Morgan fingerprint density at radius 2 is 2.04 bits per heavy atom. The van der Waals surface area contributed by atoms with Gasteiger partial charge >= 0.3 is 0 Å². The molecule has 1 heterocycles. The first-order chi connectivity index (χ1) is 11.1. The highest BCUT2D eigenvalue weighted by atomic mass is 79.9. The molecule has 0 saturated heterocycles. The van der Waals surface area contributed by atoms with Crippen molar-refractivity contribution in [3.05, 3.63) is 74.5 Å². The lowest BCUT2D eigenvalue weighted by Crippen LogP contribution is -2.13. The molecule has 1 aromatic heterocycles. The molecule has 114 valence electrons. The van der Waals surface area contributed by atoms with Gasteiger partial charge in [-0.3, -0.25) is 4.79 Å². The van der Waals surface area contributed by atoms with Crippen molar-refractivity contribution in [1.82, 2.24) is 4.57 Å². The maximum atomic E-state index is 12.2. The monoisotopic (exact) mass is 368 g/mol. The SMILES string of the molecule is COc1ccc(Cn2cc(C#N)c(=O)c3ccccc32)cc1Br. The average Bonchev–Trinajstić information content (AvgIpc) is 2.57. The normalized spacial score (nSPS) is 10.5. The number of aromatic nitrogens is 1. The Labute approximate surface area is 141 Å². The third-order valence-corrected chi connectivity index (χ3v) is 4.30. The van der Waals surface area contributed by atoms with Gasteiger partial charge in [0.25, 0.3) is 0 Å². The molecule has 0 fully saturated rings. The Morgan fingerprint density at radius 3 is 2.74 bits per heavy atom. The molecule has 2 aromatic carbocycles. The van der Waals surface area contributed by atoms with Crippen LogP contribution in [0.25, 0.3) is 10.9 Å². The number of hydrogen-bond donors (Lipinski definition) is 0. The van der Waals surface area contributed by atoms with Crippen LogP contribution in [-0.4, -0.2) is 11.7 Å². The first-order valence-corrected chi connectivity index (χ1v) is 7.78. The van der Waals surface area contributed by atoms with E-state index < -0.39 is 0 Å². The van der Waals surface area contributed by atoms with E-state index in [-0.39, 0.29) is 11.0 Å². The van der Waals surface area contributed by atoms with Crippen molar-refractivity contribution in [2.75, 3.05) is 7.11 Å². The van der Waals surface area contributed by atoms with Gasteiger partial charge in [-0.2, -0.15) is 5.26 Å². The topological polar surface area (TPSA) is 55.0 Å². The van der Waals surface area contributed by atoms with Gasteiger partial charge in [-0.05, 0) is 45.8 Å². The maximum Gasteiger partial charge on any atom is 0.207 e. The summed E-state index contributed by atoms with van der Waals surface area (Å²) in [5.74, 6) is 0.760. The first kappa shape index (κ1) is 15.3. The van der Waals surface area contributed by atoms with E-state index >= 15 is 0 Å². The Morgan fingerprint density at radius 1 is 1.26 bits per heavy atom. The van der Waals surface area contributed by atoms with E-state index in [1.165, 1.54) is 0 Å². The molecule has 0 saturated carbocycles. The molecule has 23 heavy (non-hydrogen) atoms. The van der Waals surface area contributed by atoms with Crippen LogP contribution in [0.2, 0.25) is 0 Å². The smallest absolute Gasteiger partial charge is 0.207 e. The zero-order chi connectivity index (χ0) is 16.4. The van der Waals surface area contributed by atoms with Crippen molar-refractivity contribution in [2.24, 2.45) is 0 Å². The molecule has 0 N–H and O–H groups in total. The van der Waals surface area contributed by atoms with Gasteiger partial charge in [0.15, 0.2) is 0 Å². The summed E-state index contributed by atoms with van der Waals surface area (Å²) in [6, 6.07) is 15.1. The molecule has 0 amide bonds. The second-order valence-corrected chi connectivity index (χ2v) is 5.95. The van der Waals surface area contributed by atoms with Gasteiger partial charge in [-0.25, -0.2) is 0 Å². The second-order valence-electron chi connectivity index (χ2n) is 5.10. The molecule has 0 unspecified atom stereocenters. The minimum Gasteiger partial charge on any atom is -0.496 e. The summed E-state index contributed by atoms with van der Waals surface area (Å²) in [5.41, 5.74) is 1.77. The van der Waals surface area contributed by atoms with E-state index in [0.717, 1.165) is 21.3 Å². The second kappa shape index (κ2) is 6.27. The number of ether oxygens (including phenoxy) is 1. The van der Waals surface area contributed by atoms with E-state index in [4.69, 9.17) is 4.74 Å². The van der Waals surface area contributed by atoms with Gasteiger partial charge in [0.1, 0.15) is 17.4 Å². The van der Waals surface area contributed by atoms with Crippen molar-refractivity contribution < 1.29 is 4.74 Å². The van der Waals surface area contributed by atoms with Crippen LogP contribution >= 0.6 is 15.9 Å². The molecule has 5 heteroatoms. The summed E-state index contributed by atoms with van der Waals surface area (Å²) < 4.78 is 8.02. The molecule has 0 aliphatic heterocycles. The Kier molecular flexibility index (Phi) is 4.18. The maximum absolute atomic E-state index is 12.2. The van der Waals surface area contributed by atoms with E-state index in [1.807, 2.05) is 41.0 Å². The quantitative estimate of drug-likeness (QED) is 0.708. The summed E-state index contributed by atoms with van der Waals surface area (Å²) in [6.07, 6.45) is 1.61. The molecule has 3 rings (SSSR count). The Balaban J connectivity index is 2.13. The minimum absolute atomic E-state index is 0.149. The molecule has 0 spiro atoms. The highest BCUT2D eigenvalue weighted by Gasteiger charge is 2.09. The average molecular weight is 369 g/mol. The van der Waals surface area contributed by atoms with Gasteiger partial charge in [-0.1, -0.05) is 18.2 Å². The van der Waals surface area contributed by atoms with Crippen LogP contribution in [0.3, 0.4) is 0 Å². The van der Waals surface area contributed by atoms with Crippen LogP contribution in [0.5, 0.6) is 5.75 Å². The Hall–Kier alpha value is -2.58. The van der Waals surface area contributed by atoms with Gasteiger partial charge in [0.05, 0.1) is 17.1 Å². The fourth-order valence-electron chi connectivity index (χ4n) is 2.56. The van der Waals surface area contributed by atoms with E-state index in [0.29, 0.717) is 11.9 Å². The summed E-state index contributed by atoms with van der Waals surface area (Å²) >= 11 is 3.47. The van der Waals surface area contributed by atoms with E-state index in [9.17, 15) is 10.1 Å². The van der Waals surface area contributed by atoms with Gasteiger partial charge in [0.2, 0.25) is 5.43 Å². The van der Waals surface area contributed by atoms with Crippen molar-refractivity contribution >= 4 is 26.8 Å². The number of methoxy groups -OCH3 is 1. The van der Waals surface area contributed by atoms with Crippen LogP contribution in [-0.2, 0) is 6.54 Å². The highest BCUT2D eigenvalue weighted by molar-refractivity contribution is 9.10. The summed E-state index contributed by atoms with van der Waals surface area (Å²) in [5, 5.41) is 9.75. The first-order valence-electron chi connectivity index (χ1n) is 6.98. The lowest BCUT2D eigenvalue weighted by atomic mass is 10.1. The van der Waals surface area contributed by atoms with Crippen LogP contribution in [0.1, 0.15) is 11.1 Å². The molecule has 3 aromatic rings. The number of nitriles is 1. The van der Waals surface area contributed by atoms with Gasteiger partial charge in [0, 0.05) is 18.1 Å². The largest absolute Gasteiger partial charge is 0.496 e. The summed E-state index contributed by atoms with van der Waals surface area (Å²) in [4.78, 5) is 12.2. The number of pyridine rings is 1. The Bertz CT molecular complexity index is 986. The molecular weight excluding hydrogens is 356 g/mol. The lowest BCUT2D eigenvalue weighted by molar-refractivity contribution is 0.412. The number of benzene rings is 2. The van der Waals surface area contributed by atoms with Crippen LogP contribution in [0.15, 0.2) is 57.9 Å². The number of halogens is 1. The van der Waals surface area contributed by atoms with Crippen LogP contribution in [0.4, 0.5) is 0 Å². The lowest BCUT2D eigenvalue weighted by Gasteiger charge is -2.13. The van der Waals surface area contributed by atoms with Crippen molar-refractivity contribution in [1.29, 1.82) is 5.26 Å². The molecule has 4 nitrogen and oxygen atoms in total. The molecular formula is C18H13BrN2O2. The zero-order valence-corrected chi connectivity index (χ0v) is 14.0. The van der Waals surface area contributed by atoms with Gasteiger partial charge in [-0.15, -0.1) is 0 Å². The van der Waals surface area contributed by atoms with Crippen molar-refractivity contribution in [3.63, 3.8) is 0 Å².